The molecule has 1 heterocycles. The maximum Gasteiger partial charge on any atom is 0.0136 e. The Labute approximate surface area is 75.3 Å². The molecule has 0 spiro atoms. The van der Waals surface area contributed by atoms with Crippen molar-refractivity contribution in [2.24, 2.45) is 5.92 Å². The standard InChI is InChI=1S/C10H20N2/c1-11-8-9-4-2-5-10(9)12-6-3-7-12/h9-11H,2-8H2,1H3. The van der Waals surface area contributed by atoms with E-state index >= 15 is 0 Å². The third-order valence-corrected chi connectivity index (χ3v) is 3.44. The Morgan fingerprint density at radius 3 is 2.67 bits per heavy atom. The highest BCUT2D eigenvalue weighted by Crippen LogP contribution is 2.31. The predicted octanol–water partition coefficient (Wildman–Crippen LogP) is 1.08. The summed E-state index contributed by atoms with van der Waals surface area (Å²) in [6, 6.07) is 0.922. The van der Waals surface area contributed by atoms with E-state index < -0.39 is 0 Å². The molecule has 2 unspecified atom stereocenters. The molecule has 70 valence electrons. The molecule has 2 heteroatoms. The maximum atomic E-state index is 3.32. The fourth-order valence-electron chi connectivity index (χ4n) is 2.67. The summed E-state index contributed by atoms with van der Waals surface area (Å²) in [4.78, 5) is 2.68. The number of hydrogen-bond acceptors (Lipinski definition) is 2. The van der Waals surface area contributed by atoms with Crippen molar-refractivity contribution < 1.29 is 0 Å². The molecule has 2 atom stereocenters. The molecule has 1 saturated carbocycles. The SMILES string of the molecule is CNCC1CCCC1N1CCC1. The molecule has 2 aliphatic rings. The maximum absolute atomic E-state index is 3.32. The van der Waals surface area contributed by atoms with Crippen molar-refractivity contribution in [2.45, 2.75) is 31.7 Å². The van der Waals surface area contributed by atoms with E-state index in [0.717, 1.165) is 12.0 Å². The number of likely N-dealkylation sites (tertiary alicyclic amines) is 1. The first-order chi connectivity index (χ1) is 5.92. The van der Waals surface area contributed by atoms with Gasteiger partial charge in [0.25, 0.3) is 0 Å². The van der Waals surface area contributed by atoms with Crippen LogP contribution in [0.15, 0.2) is 0 Å². The van der Waals surface area contributed by atoms with E-state index in [2.05, 4.69) is 17.3 Å². The van der Waals surface area contributed by atoms with Gasteiger partial charge >= 0.3 is 0 Å². The second kappa shape index (κ2) is 3.75. The van der Waals surface area contributed by atoms with Crippen LogP contribution in [0.1, 0.15) is 25.7 Å². The Morgan fingerprint density at radius 1 is 1.25 bits per heavy atom. The summed E-state index contributed by atoms with van der Waals surface area (Å²) in [5.74, 6) is 0.940. The Hall–Kier alpha value is -0.0800. The minimum absolute atomic E-state index is 0.922. The lowest BCUT2D eigenvalue weighted by Crippen LogP contribution is -2.48. The van der Waals surface area contributed by atoms with Gasteiger partial charge < -0.3 is 5.32 Å². The second-order valence-electron chi connectivity index (χ2n) is 4.21. The van der Waals surface area contributed by atoms with Crippen LogP contribution in [-0.4, -0.2) is 37.6 Å². The van der Waals surface area contributed by atoms with Crippen molar-refractivity contribution in [3.8, 4) is 0 Å². The van der Waals surface area contributed by atoms with Gasteiger partial charge in [-0.1, -0.05) is 6.42 Å². The monoisotopic (exact) mass is 168 g/mol. The third kappa shape index (κ3) is 1.50. The van der Waals surface area contributed by atoms with Crippen LogP contribution in [0.2, 0.25) is 0 Å². The van der Waals surface area contributed by atoms with Gasteiger partial charge in [0, 0.05) is 6.04 Å². The van der Waals surface area contributed by atoms with Crippen molar-refractivity contribution >= 4 is 0 Å². The molecule has 0 aromatic rings. The van der Waals surface area contributed by atoms with Gasteiger partial charge in [-0.25, -0.2) is 0 Å². The van der Waals surface area contributed by atoms with E-state index in [1.54, 1.807) is 0 Å². The second-order valence-corrected chi connectivity index (χ2v) is 4.21. The van der Waals surface area contributed by atoms with Crippen LogP contribution in [0, 0.1) is 5.92 Å². The molecular formula is C10H20N2. The highest BCUT2D eigenvalue weighted by Gasteiger charge is 2.33. The van der Waals surface area contributed by atoms with Gasteiger partial charge in [0.05, 0.1) is 0 Å². The summed E-state index contributed by atoms with van der Waals surface area (Å²) in [6.45, 7) is 3.96. The van der Waals surface area contributed by atoms with Crippen LogP contribution >= 0.6 is 0 Å². The molecule has 2 nitrogen and oxygen atoms in total. The number of nitrogens with one attached hydrogen (secondary N) is 1. The zero-order chi connectivity index (χ0) is 8.39. The molecular weight excluding hydrogens is 148 g/mol. The van der Waals surface area contributed by atoms with E-state index in [4.69, 9.17) is 0 Å². The first-order valence-corrected chi connectivity index (χ1v) is 5.30. The van der Waals surface area contributed by atoms with E-state index in [1.165, 1.54) is 45.3 Å². The highest BCUT2D eigenvalue weighted by molar-refractivity contribution is 4.89. The van der Waals surface area contributed by atoms with Gasteiger partial charge in [0.2, 0.25) is 0 Å². The number of rotatable bonds is 3. The minimum atomic E-state index is 0.922. The summed E-state index contributed by atoms with van der Waals surface area (Å²) >= 11 is 0. The molecule has 0 radical (unpaired) electrons. The molecule has 2 rings (SSSR count). The fraction of sp³-hybridized carbons (Fsp3) is 1.00. The van der Waals surface area contributed by atoms with Crippen molar-refractivity contribution in [3.63, 3.8) is 0 Å². The van der Waals surface area contributed by atoms with Crippen LogP contribution in [-0.2, 0) is 0 Å². The van der Waals surface area contributed by atoms with Crippen molar-refractivity contribution in [3.05, 3.63) is 0 Å². The normalized spacial score (nSPS) is 36.8. The zero-order valence-electron chi connectivity index (χ0n) is 8.05. The first-order valence-electron chi connectivity index (χ1n) is 5.30. The third-order valence-electron chi connectivity index (χ3n) is 3.44. The molecule has 1 saturated heterocycles. The highest BCUT2D eigenvalue weighted by atomic mass is 15.2. The van der Waals surface area contributed by atoms with Gasteiger partial charge in [-0.2, -0.15) is 0 Å². The lowest BCUT2D eigenvalue weighted by atomic mass is 9.99. The van der Waals surface area contributed by atoms with Crippen molar-refractivity contribution in [2.75, 3.05) is 26.7 Å². The topological polar surface area (TPSA) is 15.3 Å². The average molecular weight is 168 g/mol. The van der Waals surface area contributed by atoms with E-state index in [1.807, 2.05) is 0 Å². The number of hydrogen-bond donors (Lipinski definition) is 1. The summed E-state index contributed by atoms with van der Waals surface area (Å²) in [6.07, 6.45) is 5.78. The molecule has 0 amide bonds. The van der Waals surface area contributed by atoms with Crippen molar-refractivity contribution in [1.82, 2.24) is 10.2 Å². The van der Waals surface area contributed by atoms with Crippen LogP contribution in [0.25, 0.3) is 0 Å². The first kappa shape index (κ1) is 8.52. The van der Waals surface area contributed by atoms with Crippen LogP contribution in [0.5, 0.6) is 0 Å². The molecule has 0 aromatic carbocycles. The molecule has 1 aliphatic carbocycles. The molecule has 0 bridgehead atoms. The summed E-state index contributed by atoms with van der Waals surface area (Å²) < 4.78 is 0. The fourth-order valence-corrected chi connectivity index (χ4v) is 2.67. The van der Waals surface area contributed by atoms with Crippen LogP contribution in [0.3, 0.4) is 0 Å². The summed E-state index contributed by atoms with van der Waals surface area (Å²) in [5.41, 5.74) is 0. The zero-order valence-corrected chi connectivity index (χ0v) is 8.05. The predicted molar refractivity (Wildman–Crippen MR) is 51.2 cm³/mol. The van der Waals surface area contributed by atoms with Gasteiger partial charge in [0.15, 0.2) is 0 Å². The van der Waals surface area contributed by atoms with Crippen LogP contribution in [0.4, 0.5) is 0 Å². The van der Waals surface area contributed by atoms with E-state index in [-0.39, 0.29) is 0 Å². The smallest absolute Gasteiger partial charge is 0.0136 e. The summed E-state index contributed by atoms with van der Waals surface area (Å²) in [5, 5.41) is 3.32. The summed E-state index contributed by atoms with van der Waals surface area (Å²) in [7, 11) is 2.07. The Bertz CT molecular complexity index is 143. The molecule has 1 N–H and O–H groups in total. The Kier molecular flexibility index (Phi) is 2.66. The Morgan fingerprint density at radius 2 is 2.08 bits per heavy atom. The Balaban J connectivity index is 1.85. The van der Waals surface area contributed by atoms with Crippen LogP contribution < -0.4 is 5.32 Å². The minimum Gasteiger partial charge on any atom is -0.319 e. The average Bonchev–Trinajstić information content (AvgIpc) is 2.35. The van der Waals surface area contributed by atoms with E-state index in [9.17, 15) is 0 Å². The molecule has 0 aromatic heterocycles. The molecule has 2 fully saturated rings. The number of nitrogens with zero attached hydrogens (tertiary/aromatic N) is 1. The van der Waals surface area contributed by atoms with E-state index in [0.29, 0.717) is 0 Å². The molecule has 12 heavy (non-hydrogen) atoms. The van der Waals surface area contributed by atoms with Crippen molar-refractivity contribution in [1.29, 1.82) is 0 Å². The quantitative estimate of drug-likeness (QED) is 0.678. The largest absolute Gasteiger partial charge is 0.319 e. The lowest BCUT2D eigenvalue weighted by molar-refractivity contribution is 0.0922. The van der Waals surface area contributed by atoms with Gasteiger partial charge in [-0.15, -0.1) is 0 Å². The van der Waals surface area contributed by atoms with Gasteiger partial charge in [0.1, 0.15) is 0 Å². The lowest BCUT2D eigenvalue weighted by Gasteiger charge is -2.39. The van der Waals surface area contributed by atoms with Gasteiger partial charge in [-0.05, 0) is 51.9 Å². The van der Waals surface area contributed by atoms with Gasteiger partial charge in [-0.3, -0.25) is 4.90 Å². The molecule has 1 aliphatic heterocycles.